The number of aryl methyl sites for hydroxylation is 1. The highest BCUT2D eigenvalue weighted by Gasteiger charge is 2.38. The molecule has 1 aromatic carbocycles. The van der Waals surface area contributed by atoms with E-state index in [2.05, 4.69) is 14.9 Å². The van der Waals surface area contributed by atoms with Crippen molar-refractivity contribution in [2.24, 2.45) is 0 Å². The van der Waals surface area contributed by atoms with E-state index < -0.39 is 35.0 Å². The van der Waals surface area contributed by atoms with Gasteiger partial charge in [-0.1, -0.05) is 0 Å². The van der Waals surface area contributed by atoms with Crippen LogP contribution < -0.4 is 4.90 Å². The first-order valence-electron chi connectivity index (χ1n) is 10.6. The zero-order valence-corrected chi connectivity index (χ0v) is 17.9. The molecule has 0 atom stereocenters. The zero-order chi connectivity index (χ0) is 24.0. The molecule has 178 valence electrons. The summed E-state index contributed by atoms with van der Waals surface area (Å²) in [5.74, 6) is 0.388. The number of carbonyl (C=O) groups excluding carboxylic acids is 1. The van der Waals surface area contributed by atoms with Gasteiger partial charge in [-0.05, 0) is 44.4 Å². The van der Waals surface area contributed by atoms with Crippen molar-refractivity contribution >= 4 is 11.7 Å². The topological polar surface area (TPSA) is 49.3 Å². The molecule has 5 nitrogen and oxygen atoms in total. The lowest BCUT2D eigenvalue weighted by atomic mass is 10.0. The van der Waals surface area contributed by atoms with Crippen molar-refractivity contribution < 1.29 is 31.1 Å². The van der Waals surface area contributed by atoms with Gasteiger partial charge in [-0.25, -0.2) is 9.97 Å². The number of alkyl halides is 6. The van der Waals surface area contributed by atoms with Crippen LogP contribution in [0.1, 0.15) is 57.8 Å². The fourth-order valence-corrected chi connectivity index (χ4v) is 4.32. The van der Waals surface area contributed by atoms with Crippen molar-refractivity contribution in [3.8, 4) is 0 Å². The summed E-state index contributed by atoms with van der Waals surface area (Å²) < 4.78 is 79.3. The Balaban J connectivity index is 1.68. The summed E-state index contributed by atoms with van der Waals surface area (Å²) in [4.78, 5) is 25.4. The van der Waals surface area contributed by atoms with Crippen LogP contribution in [0.4, 0.5) is 32.2 Å². The van der Waals surface area contributed by atoms with Gasteiger partial charge in [0.1, 0.15) is 11.6 Å². The van der Waals surface area contributed by atoms with E-state index in [1.54, 1.807) is 6.92 Å². The lowest BCUT2D eigenvalue weighted by Crippen LogP contribution is -2.39. The van der Waals surface area contributed by atoms with Crippen LogP contribution in [-0.4, -0.2) is 40.4 Å². The molecule has 2 aliphatic heterocycles. The number of fused-ring (bicyclic) bond motifs is 1. The van der Waals surface area contributed by atoms with Crippen molar-refractivity contribution in [3.63, 3.8) is 0 Å². The van der Waals surface area contributed by atoms with Gasteiger partial charge < -0.3 is 9.80 Å². The molecule has 0 aliphatic carbocycles. The third kappa shape index (κ3) is 4.91. The van der Waals surface area contributed by atoms with Crippen LogP contribution in [0.2, 0.25) is 0 Å². The van der Waals surface area contributed by atoms with Gasteiger partial charge in [0.25, 0.3) is 5.91 Å². The summed E-state index contributed by atoms with van der Waals surface area (Å²) in [7, 11) is 0. The Kier molecular flexibility index (Phi) is 6.00. The molecular formula is C22H22F6N4O. The van der Waals surface area contributed by atoms with E-state index in [1.807, 2.05) is 0 Å². The number of benzene rings is 1. The van der Waals surface area contributed by atoms with Gasteiger partial charge >= 0.3 is 12.4 Å². The molecule has 11 heteroatoms. The number of halogens is 6. The minimum atomic E-state index is -5.02. The summed E-state index contributed by atoms with van der Waals surface area (Å²) in [5.41, 5.74) is -2.21. The molecule has 4 rings (SSSR count). The Morgan fingerprint density at radius 3 is 2.06 bits per heavy atom. The first kappa shape index (κ1) is 23.3. The van der Waals surface area contributed by atoms with E-state index in [9.17, 15) is 31.1 Å². The fraction of sp³-hybridized carbons (Fsp3) is 0.500. The maximum absolute atomic E-state index is 13.2. The molecule has 0 bridgehead atoms. The maximum Gasteiger partial charge on any atom is 0.416 e. The number of hydrogen-bond donors (Lipinski definition) is 0. The Morgan fingerprint density at radius 2 is 1.48 bits per heavy atom. The average molecular weight is 472 g/mol. The Hall–Kier alpha value is -2.85. The Morgan fingerprint density at radius 1 is 0.879 bits per heavy atom. The predicted molar refractivity (Wildman–Crippen MR) is 108 cm³/mol. The molecule has 3 heterocycles. The molecule has 0 unspecified atom stereocenters. The highest BCUT2D eigenvalue weighted by Crippen LogP contribution is 2.37. The van der Waals surface area contributed by atoms with Crippen LogP contribution in [-0.2, 0) is 25.3 Å². The van der Waals surface area contributed by atoms with Crippen LogP contribution >= 0.6 is 0 Å². The lowest BCUT2D eigenvalue weighted by molar-refractivity contribution is -0.143. The van der Waals surface area contributed by atoms with Crippen LogP contribution in [0, 0.1) is 6.92 Å². The second kappa shape index (κ2) is 8.49. The number of hydrogen-bond acceptors (Lipinski definition) is 4. The van der Waals surface area contributed by atoms with E-state index >= 15 is 0 Å². The number of amides is 1. The van der Waals surface area contributed by atoms with E-state index in [0.717, 1.165) is 38.0 Å². The van der Waals surface area contributed by atoms with Gasteiger partial charge in [-0.3, -0.25) is 4.79 Å². The first-order valence-corrected chi connectivity index (χ1v) is 10.6. The van der Waals surface area contributed by atoms with Crippen molar-refractivity contribution in [3.05, 3.63) is 52.0 Å². The summed E-state index contributed by atoms with van der Waals surface area (Å²) in [6, 6.07) is 0.974. The minimum Gasteiger partial charge on any atom is -0.356 e. The maximum atomic E-state index is 13.2. The predicted octanol–water partition coefficient (Wildman–Crippen LogP) is 5.01. The average Bonchev–Trinajstić information content (AvgIpc) is 2.77. The van der Waals surface area contributed by atoms with Crippen LogP contribution in [0.3, 0.4) is 0 Å². The Bertz CT molecular complexity index is 1030. The van der Waals surface area contributed by atoms with Gasteiger partial charge in [0.2, 0.25) is 0 Å². The molecule has 1 aromatic heterocycles. The molecule has 2 aromatic rings. The number of anilines is 1. The molecular weight excluding hydrogens is 450 g/mol. The molecule has 2 aliphatic rings. The second-order valence-corrected chi connectivity index (χ2v) is 8.34. The molecule has 1 fully saturated rings. The molecule has 0 spiro atoms. The minimum absolute atomic E-state index is 0.0212. The summed E-state index contributed by atoms with van der Waals surface area (Å²) >= 11 is 0. The summed E-state index contributed by atoms with van der Waals surface area (Å²) in [5, 5.41) is 0. The van der Waals surface area contributed by atoms with Gasteiger partial charge in [0, 0.05) is 37.2 Å². The number of aromatic nitrogens is 2. The van der Waals surface area contributed by atoms with E-state index in [1.165, 1.54) is 4.90 Å². The van der Waals surface area contributed by atoms with Gasteiger partial charge in [0.05, 0.1) is 23.4 Å². The molecule has 0 saturated carbocycles. The molecule has 33 heavy (non-hydrogen) atoms. The van der Waals surface area contributed by atoms with Gasteiger partial charge in [-0.2, -0.15) is 26.3 Å². The van der Waals surface area contributed by atoms with E-state index in [-0.39, 0.29) is 19.2 Å². The number of nitrogens with zero attached hydrogens (tertiary/aromatic N) is 4. The highest BCUT2D eigenvalue weighted by atomic mass is 19.4. The third-order valence-corrected chi connectivity index (χ3v) is 5.93. The van der Waals surface area contributed by atoms with Crippen molar-refractivity contribution in [2.45, 2.75) is 51.5 Å². The Labute approximate surface area is 186 Å². The zero-order valence-electron chi connectivity index (χ0n) is 17.9. The van der Waals surface area contributed by atoms with Crippen molar-refractivity contribution in [1.82, 2.24) is 14.9 Å². The van der Waals surface area contributed by atoms with Gasteiger partial charge in [0.15, 0.2) is 0 Å². The smallest absolute Gasteiger partial charge is 0.356 e. The monoisotopic (exact) mass is 472 g/mol. The molecule has 1 saturated heterocycles. The SMILES string of the molecule is Cc1nc2c(c(N3CCCCC3)n1)CN(C(=O)c1cc(C(F)(F)F)cc(C(F)(F)F)c1)CC2. The van der Waals surface area contributed by atoms with E-state index in [4.69, 9.17) is 0 Å². The second-order valence-electron chi connectivity index (χ2n) is 8.34. The largest absolute Gasteiger partial charge is 0.416 e. The number of rotatable bonds is 2. The van der Waals surface area contributed by atoms with E-state index in [0.29, 0.717) is 35.8 Å². The van der Waals surface area contributed by atoms with Crippen molar-refractivity contribution in [2.75, 3.05) is 24.5 Å². The third-order valence-electron chi connectivity index (χ3n) is 5.93. The quantitative estimate of drug-likeness (QED) is 0.577. The summed E-state index contributed by atoms with van der Waals surface area (Å²) in [6.45, 7) is 3.52. The van der Waals surface area contributed by atoms with Crippen molar-refractivity contribution in [1.29, 1.82) is 0 Å². The first-order chi connectivity index (χ1) is 15.4. The molecule has 0 radical (unpaired) electrons. The lowest BCUT2D eigenvalue weighted by Gasteiger charge is -2.34. The fourth-order valence-electron chi connectivity index (χ4n) is 4.32. The summed E-state index contributed by atoms with van der Waals surface area (Å²) in [6.07, 6.45) is -6.61. The van der Waals surface area contributed by atoms with Crippen LogP contribution in [0.25, 0.3) is 0 Å². The van der Waals surface area contributed by atoms with Crippen LogP contribution in [0.15, 0.2) is 18.2 Å². The van der Waals surface area contributed by atoms with Gasteiger partial charge in [-0.15, -0.1) is 0 Å². The van der Waals surface area contributed by atoms with Crippen LogP contribution in [0.5, 0.6) is 0 Å². The number of piperidine rings is 1. The normalized spacial score (nSPS) is 17.2. The molecule has 0 N–H and O–H groups in total. The highest BCUT2D eigenvalue weighted by molar-refractivity contribution is 5.95. The standard InChI is InChI=1S/C22H22F6N4O/c1-13-29-18-5-8-32(12-17(18)19(30-13)31-6-3-2-4-7-31)20(33)14-9-15(21(23,24)25)11-16(10-14)22(26,27)28/h9-11H,2-8,12H2,1H3. The number of carbonyl (C=O) groups is 1. The molecule has 1 amide bonds.